The van der Waals surface area contributed by atoms with Crippen LogP contribution in [0, 0.1) is 0 Å². The topological polar surface area (TPSA) is 0 Å². The van der Waals surface area contributed by atoms with Crippen molar-refractivity contribution >= 4 is 0 Å². The molecule has 0 saturated carbocycles. The molecule has 0 nitrogen and oxygen atoms in total. The molecule has 0 aromatic carbocycles. The van der Waals surface area contributed by atoms with Gasteiger partial charge in [-0.25, -0.2) is 0 Å². The first-order valence-corrected chi connectivity index (χ1v) is 5.63. The highest BCUT2D eigenvalue weighted by atomic mass is 13.9. The Morgan fingerprint density at radius 2 is 0.857 bits per heavy atom. The highest BCUT2D eigenvalue weighted by Crippen LogP contribution is 2.03. The monoisotopic (exact) mass is 188 g/mol. The van der Waals surface area contributed by atoms with Crippen molar-refractivity contribution in [2.24, 2.45) is 0 Å². The minimum atomic E-state index is 1.19. The Labute approximate surface area is 87.7 Å². The van der Waals surface area contributed by atoms with E-state index in [1.807, 2.05) is 0 Å². The summed E-state index contributed by atoms with van der Waals surface area (Å²) in [5.41, 5.74) is 0. The molecule has 1 aliphatic rings. The maximum atomic E-state index is 2.32. The summed E-state index contributed by atoms with van der Waals surface area (Å²) in [6.45, 7) is 0. The lowest BCUT2D eigenvalue weighted by Gasteiger charge is -1.92. The third-order valence-electron chi connectivity index (χ3n) is 2.26. The van der Waals surface area contributed by atoms with E-state index in [-0.39, 0.29) is 0 Å². The van der Waals surface area contributed by atoms with Crippen molar-refractivity contribution in [1.82, 2.24) is 0 Å². The highest BCUT2D eigenvalue weighted by molar-refractivity contribution is 5.11. The van der Waals surface area contributed by atoms with Crippen molar-refractivity contribution in [3.05, 3.63) is 48.6 Å². The van der Waals surface area contributed by atoms with Gasteiger partial charge in [-0.1, -0.05) is 48.6 Å². The molecule has 1 aliphatic carbocycles. The Kier molecular flexibility index (Phi) is 6.74. The second-order valence-corrected chi connectivity index (χ2v) is 3.57. The van der Waals surface area contributed by atoms with Crippen LogP contribution in [-0.2, 0) is 0 Å². The molecule has 0 N–H and O–H groups in total. The van der Waals surface area contributed by atoms with E-state index in [0.717, 1.165) is 0 Å². The number of allylic oxidation sites excluding steroid dienone is 8. The van der Waals surface area contributed by atoms with Gasteiger partial charge in [-0.2, -0.15) is 0 Å². The van der Waals surface area contributed by atoms with Crippen LogP contribution in [0.1, 0.15) is 38.5 Å². The smallest absolute Gasteiger partial charge is 0.0345 e. The van der Waals surface area contributed by atoms with Crippen LogP contribution in [0.4, 0.5) is 0 Å². The molecule has 0 spiro atoms. The average molecular weight is 188 g/mol. The number of hydrogen-bond acceptors (Lipinski definition) is 0. The van der Waals surface area contributed by atoms with E-state index in [1.54, 1.807) is 0 Å². The largest absolute Gasteiger partial charge is 0.0885 e. The number of rotatable bonds is 0. The fourth-order valence-corrected chi connectivity index (χ4v) is 1.42. The minimum Gasteiger partial charge on any atom is -0.0885 e. The van der Waals surface area contributed by atoms with Gasteiger partial charge < -0.3 is 0 Å². The van der Waals surface area contributed by atoms with E-state index < -0.39 is 0 Å². The lowest BCUT2D eigenvalue weighted by molar-refractivity contribution is 0.840. The van der Waals surface area contributed by atoms with E-state index in [1.165, 1.54) is 38.5 Å². The fourth-order valence-electron chi connectivity index (χ4n) is 1.42. The van der Waals surface area contributed by atoms with Gasteiger partial charge in [0, 0.05) is 0 Å². The van der Waals surface area contributed by atoms with Gasteiger partial charge in [0.25, 0.3) is 0 Å². The molecule has 0 aromatic heterocycles. The molecule has 0 radical (unpaired) electrons. The van der Waals surface area contributed by atoms with Crippen LogP contribution in [0.15, 0.2) is 48.6 Å². The summed E-state index contributed by atoms with van der Waals surface area (Å²) in [5.74, 6) is 0. The van der Waals surface area contributed by atoms with E-state index in [9.17, 15) is 0 Å². The molecule has 0 aliphatic heterocycles. The first kappa shape index (κ1) is 11.0. The van der Waals surface area contributed by atoms with Crippen molar-refractivity contribution in [3.63, 3.8) is 0 Å². The van der Waals surface area contributed by atoms with Crippen LogP contribution in [0.25, 0.3) is 0 Å². The zero-order valence-electron chi connectivity index (χ0n) is 8.86. The predicted octanol–water partition coefficient (Wildman–Crippen LogP) is 4.57. The molecule has 0 fully saturated rings. The summed E-state index contributed by atoms with van der Waals surface area (Å²) in [6.07, 6.45) is 25.0. The Morgan fingerprint density at radius 3 is 1.36 bits per heavy atom. The first-order valence-electron chi connectivity index (χ1n) is 5.63. The number of hydrogen-bond donors (Lipinski definition) is 0. The Hall–Kier alpha value is -1.04. The molecule has 0 unspecified atom stereocenters. The molecule has 0 aromatic rings. The van der Waals surface area contributed by atoms with Gasteiger partial charge in [0.05, 0.1) is 0 Å². The molecule has 0 atom stereocenters. The highest BCUT2D eigenvalue weighted by Gasteiger charge is 1.82. The SMILES string of the molecule is C1=C\C=C\CCC/C=C\CCC/C=C/1. The van der Waals surface area contributed by atoms with Crippen LogP contribution in [0.2, 0.25) is 0 Å². The molecule has 14 heavy (non-hydrogen) atoms. The van der Waals surface area contributed by atoms with Crippen LogP contribution >= 0.6 is 0 Å². The van der Waals surface area contributed by atoms with Gasteiger partial charge in [0.2, 0.25) is 0 Å². The summed E-state index contributed by atoms with van der Waals surface area (Å²) in [7, 11) is 0. The van der Waals surface area contributed by atoms with Gasteiger partial charge in [-0.05, 0) is 38.5 Å². The standard InChI is InChI=1S/C14H20/c1-2-4-6-8-10-12-14-13-11-9-7-5-3-1/h1-6,13-14H,7-12H2/b2-1-,5-3+,6-4+,14-13-. The summed E-state index contributed by atoms with van der Waals surface area (Å²) in [6, 6.07) is 0. The maximum absolute atomic E-state index is 2.32. The van der Waals surface area contributed by atoms with Crippen LogP contribution in [0.5, 0.6) is 0 Å². The summed E-state index contributed by atoms with van der Waals surface area (Å²) in [4.78, 5) is 0. The third kappa shape index (κ3) is 6.47. The molecule has 0 heteroatoms. The predicted molar refractivity (Wildman–Crippen MR) is 64.3 cm³/mol. The van der Waals surface area contributed by atoms with Gasteiger partial charge in [0.15, 0.2) is 0 Å². The van der Waals surface area contributed by atoms with Gasteiger partial charge in [-0.3, -0.25) is 0 Å². The van der Waals surface area contributed by atoms with Gasteiger partial charge in [-0.15, -0.1) is 0 Å². The van der Waals surface area contributed by atoms with E-state index in [0.29, 0.717) is 0 Å². The molecular formula is C14H20. The molecule has 0 saturated heterocycles. The zero-order chi connectivity index (χ0) is 9.90. The third-order valence-corrected chi connectivity index (χ3v) is 2.26. The summed E-state index contributed by atoms with van der Waals surface area (Å²) < 4.78 is 0. The summed E-state index contributed by atoms with van der Waals surface area (Å²) in [5, 5.41) is 0. The molecule has 0 amide bonds. The second kappa shape index (κ2) is 8.55. The Balaban J connectivity index is 2.35. The quantitative estimate of drug-likeness (QED) is 0.489. The lowest BCUT2D eigenvalue weighted by Crippen LogP contribution is -1.72. The molecular weight excluding hydrogens is 168 g/mol. The van der Waals surface area contributed by atoms with E-state index in [2.05, 4.69) is 48.6 Å². The van der Waals surface area contributed by atoms with Crippen molar-refractivity contribution < 1.29 is 0 Å². The van der Waals surface area contributed by atoms with Crippen molar-refractivity contribution in [3.8, 4) is 0 Å². The Bertz CT molecular complexity index is 204. The molecule has 76 valence electrons. The second-order valence-electron chi connectivity index (χ2n) is 3.57. The van der Waals surface area contributed by atoms with Gasteiger partial charge in [0.1, 0.15) is 0 Å². The van der Waals surface area contributed by atoms with Crippen molar-refractivity contribution in [1.29, 1.82) is 0 Å². The molecule has 0 bridgehead atoms. The lowest BCUT2D eigenvalue weighted by atomic mass is 10.1. The van der Waals surface area contributed by atoms with Crippen molar-refractivity contribution in [2.45, 2.75) is 38.5 Å². The normalized spacial score (nSPS) is 28.6. The first-order chi connectivity index (χ1) is 7.00. The van der Waals surface area contributed by atoms with Crippen LogP contribution in [-0.4, -0.2) is 0 Å². The Morgan fingerprint density at radius 1 is 0.429 bits per heavy atom. The van der Waals surface area contributed by atoms with Crippen LogP contribution < -0.4 is 0 Å². The zero-order valence-corrected chi connectivity index (χ0v) is 8.86. The average Bonchev–Trinajstić information content (AvgIpc) is 2.22. The fraction of sp³-hybridized carbons (Fsp3) is 0.429. The minimum absolute atomic E-state index is 1.19. The maximum Gasteiger partial charge on any atom is -0.0345 e. The van der Waals surface area contributed by atoms with Crippen LogP contribution in [0.3, 0.4) is 0 Å². The summed E-state index contributed by atoms with van der Waals surface area (Å²) >= 11 is 0. The molecule has 1 rings (SSSR count). The van der Waals surface area contributed by atoms with E-state index >= 15 is 0 Å². The molecule has 0 heterocycles. The van der Waals surface area contributed by atoms with Gasteiger partial charge >= 0.3 is 0 Å². The van der Waals surface area contributed by atoms with Crippen molar-refractivity contribution in [2.75, 3.05) is 0 Å². The van der Waals surface area contributed by atoms with E-state index in [4.69, 9.17) is 0 Å².